The fourth-order valence-electron chi connectivity index (χ4n) is 2.54. The second-order valence-electron chi connectivity index (χ2n) is 6.10. The number of aryl methyl sites for hydroxylation is 1. The van der Waals surface area contributed by atoms with Gasteiger partial charge in [0.2, 0.25) is 5.91 Å². The van der Waals surface area contributed by atoms with Crippen LogP contribution in [0.15, 0.2) is 41.3 Å². The maximum absolute atomic E-state index is 12.7. The van der Waals surface area contributed by atoms with Gasteiger partial charge >= 0.3 is 0 Å². The van der Waals surface area contributed by atoms with Crippen LogP contribution in [-0.4, -0.2) is 41.5 Å². The van der Waals surface area contributed by atoms with Crippen molar-refractivity contribution < 1.29 is 14.5 Å². The summed E-state index contributed by atoms with van der Waals surface area (Å²) in [5.41, 5.74) is 2.36. The van der Waals surface area contributed by atoms with Gasteiger partial charge in [0.25, 0.3) is 11.6 Å². The van der Waals surface area contributed by atoms with E-state index in [9.17, 15) is 19.7 Å². The van der Waals surface area contributed by atoms with Gasteiger partial charge in [-0.3, -0.25) is 19.7 Å². The standard InChI is InChI=1S/C19H21N3O4S/c1-12-6-5-7-16(13(12)2)20-18(23)11-21(3)19(24)15-10-14(27-4)8-9-17(15)22(25)26/h5-10H,11H2,1-4H3,(H,20,23). The predicted molar refractivity (Wildman–Crippen MR) is 106 cm³/mol. The number of nitrogens with zero attached hydrogens (tertiary/aromatic N) is 2. The van der Waals surface area contributed by atoms with E-state index < -0.39 is 10.8 Å². The van der Waals surface area contributed by atoms with Gasteiger partial charge in [-0.2, -0.15) is 0 Å². The number of benzene rings is 2. The van der Waals surface area contributed by atoms with Crippen LogP contribution in [-0.2, 0) is 4.79 Å². The van der Waals surface area contributed by atoms with Gasteiger partial charge in [-0.1, -0.05) is 12.1 Å². The van der Waals surface area contributed by atoms with Gasteiger partial charge in [-0.05, 0) is 49.4 Å². The normalized spacial score (nSPS) is 10.4. The Balaban J connectivity index is 2.17. The molecule has 0 aliphatic carbocycles. The molecule has 0 fully saturated rings. The number of hydrogen-bond donors (Lipinski definition) is 1. The van der Waals surface area contributed by atoms with Gasteiger partial charge in [0, 0.05) is 23.7 Å². The van der Waals surface area contributed by atoms with Crippen molar-refractivity contribution in [1.82, 2.24) is 4.90 Å². The molecule has 2 aromatic rings. The molecule has 0 saturated carbocycles. The van der Waals surface area contributed by atoms with Crippen molar-refractivity contribution in [3.63, 3.8) is 0 Å². The maximum atomic E-state index is 12.7. The molecule has 0 heterocycles. The van der Waals surface area contributed by atoms with E-state index in [0.717, 1.165) is 16.0 Å². The summed E-state index contributed by atoms with van der Waals surface area (Å²) in [6, 6.07) is 9.94. The minimum atomic E-state index is -0.596. The first kappa shape index (κ1) is 20.4. The Morgan fingerprint density at radius 3 is 2.56 bits per heavy atom. The lowest BCUT2D eigenvalue weighted by atomic mass is 10.1. The summed E-state index contributed by atoms with van der Waals surface area (Å²) < 4.78 is 0. The fraction of sp³-hybridized carbons (Fsp3) is 0.263. The number of amides is 2. The maximum Gasteiger partial charge on any atom is 0.282 e. The van der Waals surface area contributed by atoms with Crippen molar-refractivity contribution >= 4 is 35.0 Å². The summed E-state index contributed by atoms with van der Waals surface area (Å²) in [5, 5.41) is 14.0. The van der Waals surface area contributed by atoms with Gasteiger partial charge in [-0.25, -0.2) is 0 Å². The zero-order valence-electron chi connectivity index (χ0n) is 15.6. The summed E-state index contributed by atoms with van der Waals surface area (Å²) in [7, 11) is 1.44. The van der Waals surface area contributed by atoms with Crippen molar-refractivity contribution in [2.24, 2.45) is 0 Å². The largest absolute Gasteiger partial charge is 0.332 e. The Morgan fingerprint density at radius 2 is 1.93 bits per heavy atom. The molecule has 0 spiro atoms. The number of nitro benzene ring substituents is 1. The molecule has 7 nitrogen and oxygen atoms in total. The average Bonchev–Trinajstić information content (AvgIpc) is 2.64. The third kappa shape index (κ3) is 4.85. The molecule has 0 radical (unpaired) electrons. The lowest BCUT2D eigenvalue weighted by Crippen LogP contribution is -2.35. The number of hydrogen-bond acceptors (Lipinski definition) is 5. The first-order valence-corrected chi connectivity index (χ1v) is 9.41. The van der Waals surface area contributed by atoms with Crippen LogP contribution in [0.5, 0.6) is 0 Å². The molecule has 2 aromatic carbocycles. The van der Waals surface area contributed by atoms with E-state index in [-0.39, 0.29) is 23.7 Å². The van der Waals surface area contributed by atoms with E-state index in [1.54, 1.807) is 12.1 Å². The number of nitro groups is 1. The molecule has 0 saturated heterocycles. The first-order chi connectivity index (χ1) is 12.7. The molecule has 0 bridgehead atoms. The van der Waals surface area contributed by atoms with Crippen molar-refractivity contribution in [3.8, 4) is 0 Å². The summed E-state index contributed by atoms with van der Waals surface area (Å²) in [6.07, 6.45) is 1.82. The van der Waals surface area contributed by atoms with Crippen LogP contribution in [0.2, 0.25) is 0 Å². The van der Waals surface area contributed by atoms with E-state index in [4.69, 9.17) is 0 Å². The number of carbonyl (C=O) groups excluding carboxylic acids is 2. The monoisotopic (exact) mass is 387 g/mol. The number of anilines is 1. The molecule has 1 N–H and O–H groups in total. The molecule has 0 aliphatic rings. The molecule has 27 heavy (non-hydrogen) atoms. The van der Waals surface area contributed by atoms with E-state index in [0.29, 0.717) is 5.69 Å². The first-order valence-electron chi connectivity index (χ1n) is 8.18. The predicted octanol–water partition coefficient (Wildman–Crippen LogP) is 3.64. The van der Waals surface area contributed by atoms with Crippen LogP contribution in [0.25, 0.3) is 0 Å². The van der Waals surface area contributed by atoms with Gasteiger partial charge < -0.3 is 10.2 Å². The second-order valence-corrected chi connectivity index (χ2v) is 6.98. The van der Waals surface area contributed by atoms with E-state index in [1.807, 2.05) is 32.2 Å². The van der Waals surface area contributed by atoms with Crippen molar-refractivity contribution in [2.45, 2.75) is 18.7 Å². The van der Waals surface area contributed by atoms with Crippen LogP contribution in [0.1, 0.15) is 21.5 Å². The lowest BCUT2D eigenvalue weighted by Gasteiger charge is -2.18. The fourth-order valence-corrected chi connectivity index (χ4v) is 2.98. The third-order valence-electron chi connectivity index (χ3n) is 4.24. The van der Waals surface area contributed by atoms with Crippen LogP contribution < -0.4 is 5.32 Å². The van der Waals surface area contributed by atoms with Gasteiger partial charge in [0.1, 0.15) is 5.56 Å². The highest BCUT2D eigenvalue weighted by Gasteiger charge is 2.24. The van der Waals surface area contributed by atoms with Gasteiger partial charge in [0.05, 0.1) is 11.5 Å². The van der Waals surface area contributed by atoms with Crippen molar-refractivity contribution in [2.75, 3.05) is 25.2 Å². The van der Waals surface area contributed by atoms with Crippen LogP contribution in [0.4, 0.5) is 11.4 Å². The quantitative estimate of drug-likeness (QED) is 0.464. The number of carbonyl (C=O) groups is 2. The number of thioether (sulfide) groups is 1. The lowest BCUT2D eigenvalue weighted by molar-refractivity contribution is -0.385. The molecule has 8 heteroatoms. The number of rotatable bonds is 6. The van der Waals surface area contributed by atoms with E-state index >= 15 is 0 Å². The SMILES string of the molecule is CSc1ccc([N+](=O)[O-])c(C(=O)N(C)CC(=O)Nc2cccc(C)c2C)c1. The highest BCUT2D eigenvalue weighted by atomic mass is 32.2. The molecule has 142 valence electrons. The topological polar surface area (TPSA) is 92.6 Å². The Kier molecular flexibility index (Phi) is 6.57. The molecular formula is C19H21N3O4S. The average molecular weight is 387 g/mol. The summed E-state index contributed by atoms with van der Waals surface area (Å²) in [6.45, 7) is 3.63. The highest BCUT2D eigenvalue weighted by Crippen LogP contribution is 2.26. The van der Waals surface area contributed by atoms with Gasteiger partial charge in [-0.15, -0.1) is 11.8 Å². The highest BCUT2D eigenvalue weighted by molar-refractivity contribution is 7.98. The third-order valence-corrected chi connectivity index (χ3v) is 4.96. The molecular weight excluding hydrogens is 366 g/mol. The summed E-state index contributed by atoms with van der Waals surface area (Å²) >= 11 is 1.38. The second kappa shape index (κ2) is 8.68. The Hall–Kier alpha value is -2.87. The smallest absolute Gasteiger partial charge is 0.282 e. The van der Waals surface area contributed by atoms with Gasteiger partial charge in [0.15, 0.2) is 0 Å². The summed E-state index contributed by atoms with van der Waals surface area (Å²) in [5.74, 6) is -0.947. The van der Waals surface area contributed by atoms with E-state index in [2.05, 4.69) is 5.32 Å². The molecule has 2 amide bonds. The van der Waals surface area contributed by atoms with Crippen LogP contribution in [0.3, 0.4) is 0 Å². The Bertz CT molecular complexity index is 899. The van der Waals surface area contributed by atoms with Crippen molar-refractivity contribution in [3.05, 3.63) is 63.2 Å². The van der Waals surface area contributed by atoms with Crippen LogP contribution >= 0.6 is 11.8 Å². The molecule has 2 rings (SSSR count). The van der Waals surface area contributed by atoms with E-state index in [1.165, 1.54) is 35.8 Å². The minimum absolute atomic E-state index is 0.0334. The zero-order valence-corrected chi connectivity index (χ0v) is 16.4. The molecule has 0 aliphatic heterocycles. The Labute approximate surface area is 161 Å². The number of nitrogens with one attached hydrogen (secondary N) is 1. The summed E-state index contributed by atoms with van der Waals surface area (Å²) in [4.78, 5) is 37.5. The molecule has 0 aromatic heterocycles. The number of likely N-dealkylation sites (N-methyl/N-ethyl adjacent to an activating group) is 1. The van der Waals surface area contributed by atoms with Crippen molar-refractivity contribution in [1.29, 1.82) is 0 Å². The Morgan fingerprint density at radius 1 is 1.22 bits per heavy atom. The molecule has 0 unspecified atom stereocenters. The zero-order chi connectivity index (χ0) is 20.1. The van der Waals surface area contributed by atoms with Crippen LogP contribution in [0, 0.1) is 24.0 Å². The minimum Gasteiger partial charge on any atom is -0.332 e. The molecule has 0 atom stereocenters.